The molecule has 106 valence electrons. The first-order valence-electron chi connectivity index (χ1n) is 6.05. The molecule has 1 aromatic rings. The maximum atomic E-state index is 12.3. The normalized spacial score (nSPS) is 11.3. The molecule has 0 spiro atoms. The maximum Gasteiger partial charge on any atom is 0.253 e. The van der Waals surface area contributed by atoms with Gasteiger partial charge in [0.2, 0.25) is 0 Å². The average molecular weight is 348 g/mol. The fraction of sp³-hybridized carbons (Fsp3) is 0.462. The predicted octanol–water partition coefficient (Wildman–Crippen LogP) is 2.34. The molecular formula is C13H18BrNO3S. The van der Waals surface area contributed by atoms with E-state index in [2.05, 4.69) is 15.9 Å². The van der Waals surface area contributed by atoms with Crippen molar-refractivity contribution in [3.8, 4) is 0 Å². The summed E-state index contributed by atoms with van der Waals surface area (Å²) in [6, 6.07) is 6.19. The molecule has 0 bridgehead atoms. The van der Waals surface area contributed by atoms with Gasteiger partial charge in [-0.3, -0.25) is 4.79 Å². The van der Waals surface area contributed by atoms with E-state index in [-0.39, 0.29) is 10.8 Å². The lowest BCUT2D eigenvalue weighted by Crippen LogP contribution is -2.33. The lowest BCUT2D eigenvalue weighted by molar-refractivity contribution is 0.0766. The van der Waals surface area contributed by atoms with E-state index in [1.165, 1.54) is 12.1 Å². The molecule has 0 saturated heterocycles. The number of alkyl halides is 1. The number of carbonyl (C=O) groups is 1. The number of benzene rings is 1. The summed E-state index contributed by atoms with van der Waals surface area (Å²) in [5.74, 6) is -0.133. The highest BCUT2D eigenvalue weighted by atomic mass is 79.9. The van der Waals surface area contributed by atoms with Gasteiger partial charge in [0.1, 0.15) is 0 Å². The van der Waals surface area contributed by atoms with Crippen molar-refractivity contribution in [3.63, 3.8) is 0 Å². The smallest absolute Gasteiger partial charge is 0.253 e. The van der Waals surface area contributed by atoms with Gasteiger partial charge < -0.3 is 4.90 Å². The molecule has 0 radical (unpaired) electrons. The van der Waals surface area contributed by atoms with Crippen LogP contribution in [0.4, 0.5) is 0 Å². The van der Waals surface area contributed by atoms with E-state index in [1.54, 1.807) is 17.0 Å². The van der Waals surface area contributed by atoms with Crippen LogP contribution in [0.3, 0.4) is 0 Å². The van der Waals surface area contributed by atoms with Gasteiger partial charge >= 0.3 is 0 Å². The van der Waals surface area contributed by atoms with Crippen LogP contribution in [0.25, 0.3) is 0 Å². The lowest BCUT2D eigenvalue weighted by atomic mass is 10.2. The van der Waals surface area contributed by atoms with Crippen LogP contribution >= 0.6 is 15.9 Å². The fourth-order valence-corrected chi connectivity index (χ4v) is 2.82. The highest BCUT2D eigenvalue weighted by Crippen LogP contribution is 2.13. The molecule has 0 unspecified atom stereocenters. The van der Waals surface area contributed by atoms with Crippen molar-refractivity contribution in [3.05, 3.63) is 29.8 Å². The Bertz CT molecular complexity index is 537. The van der Waals surface area contributed by atoms with Gasteiger partial charge in [0.25, 0.3) is 5.91 Å². The Morgan fingerprint density at radius 2 is 2.00 bits per heavy atom. The van der Waals surface area contributed by atoms with Gasteiger partial charge in [0.05, 0.1) is 4.90 Å². The molecule has 0 fully saturated rings. The molecular weight excluding hydrogens is 330 g/mol. The topological polar surface area (TPSA) is 54.5 Å². The Hall–Kier alpha value is -0.880. The quantitative estimate of drug-likeness (QED) is 0.742. The number of nitrogens with zero attached hydrogens (tertiary/aromatic N) is 1. The molecule has 0 aliphatic carbocycles. The number of hydrogen-bond donors (Lipinski definition) is 0. The summed E-state index contributed by atoms with van der Waals surface area (Å²) in [5, 5.41) is 0.699. The van der Waals surface area contributed by atoms with E-state index in [0.717, 1.165) is 12.7 Å². The summed E-state index contributed by atoms with van der Waals surface area (Å²) in [4.78, 5) is 14.2. The average Bonchev–Trinajstić information content (AvgIpc) is 2.37. The van der Waals surface area contributed by atoms with Gasteiger partial charge in [-0.15, -0.1) is 0 Å². The van der Waals surface area contributed by atoms with Crippen molar-refractivity contribution in [2.75, 3.05) is 24.7 Å². The second-order valence-electron chi connectivity index (χ2n) is 4.28. The Labute approximate surface area is 122 Å². The minimum Gasteiger partial charge on any atom is -0.338 e. The zero-order valence-electron chi connectivity index (χ0n) is 11.1. The van der Waals surface area contributed by atoms with Crippen LogP contribution in [-0.4, -0.2) is 43.9 Å². The molecule has 0 atom stereocenters. The molecule has 0 saturated carbocycles. The molecule has 0 aliphatic rings. The molecule has 1 aromatic carbocycles. The van der Waals surface area contributed by atoms with E-state index in [1.807, 2.05) is 6.92 Å². The van der Waals surface area contributed by atoms with Crippen LogP contribution < -0.4 is 0 Å². The zero-order chi connectivity index (χ0) is 14.5. The lowest BCUT2D eigenvalue weighted by Gasteiger charge is -2.21. The van der Waals surface area contributed by atoms with E-state index < -0.39 is 9.84 Å². The second-order valence-corrected chi connectivity index (χ2v) is 7.09. The van der Waals surface area contributed by atoms with E-state index in [4.69, 9.17) is 0 Å². The van der Waals surface area contributed by atoms with E-state index in [0.29, 0.717) is 24.0 Å². The van der Waals surface area contributed by atoms with E-state index in [9.17, 15) is 13.2 Å². The standard InChI is InChI=1S/C13H18BrNO3S/c1-3-8-15(9-7-14)13(16)11-5-4-6-12(10-11)19(2,17)18/h4-6,10H,3,7-9H2,1-2H3. The predicted molar refractivity (Wildman–Crippen MR) is 79.5 cm³/mol. The third-order valence-corrected chi connectivity index (χ3v) is 4.11. The highest BCUT2D eigenvalue weighted by molar-refractivity contribution is 9.09. The molecule has 1 amide bonds. The van der Waals surface area contributed by atoms with Gasteiger partial charge in [0, 0.05) is 30.2 Å². The number of hydrogen-bond acceptors (Lipinski definition) is 3. The van der Waals surface area contributed by atoms with Gasteiger partial charge in [-0.1, -0.05) is 28.9 Å². The van der Waals surface area contributed by atoms with E-state index >= 15 is 0 Å². The van der Waals surface area contributed by atoms with Crippen LogP contribution in [0.1, 0.15) is 23.7 Å². The van der Waals surface area contributed by atoms with Crippen LogP contribution in [-0.2, 0) is 9.84 Å². The molecule has 0 aromatic heterocycles. The van der Waals surface area contributed by atoms with Gasteiger partial charge in [-0.05, 0) is 24.6 Å². The summed E-state index contributed by atoms with van der Waals surface area (Å²) < 4.78 is 23.0. The Balaban J connectivity index is 3.04. The Morgan fingerprint density at radius 1 is 1.32 bits per heavy atom. The zero-order valence-corrected chi connectivity index (χ0v) is 13.5. The van der Waals surface area contributed by atoms with Crippen molar-refractivity contribution in [1.82, 2.24) is 4.90 Å². The fourth-order valence-electron chi connectivity index (χ4n) is 1.73. The third-order valence-electron chi connectivity index (χ3n) is 2.64. The maximum absolute atomic E-state index is 12.3. The summed E-state index contributed by atoms with van der Waals surface area (Å²) in [6.07, 6.45) is 2.00. The van der Waals surface area contributed by atoms with Crippen LogP contribution in [0.15, 0.2) is 29.2 Å². The van der Waals surface area contributed by atoms with Gasteiger partial charge in [-0.2, -0.15) is 0 Å². The largest absolute Gasteiger partial charge is 0.338 e. The summed E-state index contributed by atoms with van der Waals surface area (Å²) in [5.41, 5.74) is 0.414. The summed E-state index contributed by atoms with van der Waals surface area (Å²) in [7, 11) is -3.29. The van der Waals surface area contributed by atoms with Crippen molar-refractivity contribution in [1.29, 1.82) is 0 Å². The van der Waals surface area contributed by atoms with Crippen molar-refractivity contribution in [2.24, 2.45) is 0 Å². The minimum atomic E-state index is -3.29. The number of halogens is 1. The minimum absolute atomic E-state index is 0.133. The number of rotatable bonds is 6. The molecule has 0 heterocycles. The van der Waals surface area contributed by atoms with Gasteiger partial charge in [0.15, 0.2) is 9.84 Å². The Kier molecular flexibility index (Phi) is 6.00. The Morgan fingerprint density at radius 3 is 2.53 bits per heavy atom. The molecule has 19 heavy (non-hydrogen) atoms. The SMILES string of the molecule is CCCN(CCBr)C(=O)c1cccc(S(C)(=O)=O)c1. The third kappa shape index (κ3) is 4.62. The number of amides is 1. The van der Waals surface area contributed by atoms with Crippen molar-refractivity contribution < 1.29 is 13.2 Å². The first-order valence-corrected chi connectivity index (χ1v) is 9.06. The number of sulfone groups is 1. The molecule has 4 nitrogen and oxygen atoms in total. The summed E-state index contributed by atoms with van der Waals surface area (Å²) >= 11 is 3.32. The molecule has 0 N–H and O–H groups in total. The summed E-state index contributed by atoms with van der Waals surface area (Å²) in [6.45, 7) is 3.27. The second kappa shape index (κ2) is 7.05. The number of carbonyl (C=O) groups excluding carboxylic acids is 1. The van der Waals surface area contributed by atoms with Crippen molar-refractivity contribution >= 4 is 31.7 Å². The molecule has 6 heteroatoms. The first kappa shape index (κ1) is 16.2. The monoisotopic (exact) mass is 347 g/mol. The van der Waals surface area contributed by atoms with Crippen LogP contribution in [0.5, 0.6) is 0 Å². The van der Waals surface area contributed by atoms with Gasteiger partial charge in [-0.25, -0.2) is 8.42 Å². The van der Waals surface area contributed by atoms with Crippen LogP contribution in [0.2, 0.25) is 0 Å². The first-order chi connectivity index (χ1) is 8.90. The van der Waals surface area contributed by atoms with Crippen LogP contribution in [0, 0.1) is 0 Å². The van der Waals surface area contributed by atoms with Crippen molar-refractivity contribution in [2.45, 2.75) is 18.2 Å². The molecule has 0 aliphatic heterocycles. The molecule has 1 rings (SSSR count). The highest BCUT2D eigenvalue weighted by Gasteiger charge is 2.16.